The van der Waals surface area contributed by atoms with Crippen molar-refractivity contribution < 1.29 is 14.8 Å². The van der Waals surface area contributed by atoms with E-state index >= 15 is 0 Å². The van der Waals surface area contributed by atoms with Crippen molar-refractivity contribution in [2.45, 2.75) is 20.0 Å². The lowest BCUT2D eigenvalue weighted by Gasteiger charge is -2.11. The second kappa shape index (κ2) is 6.00. The number of nitro groups is 1. The Labute approximate surface area is 99.5 Å². The van der Waals surface area contributed by atoms with Gasteiger partial charge in [-0.3, -0.25) is 10.1 Å². The summed E-state index contributed by atoms with van der Waals surface area (Å²) in [5.41, 5.74) is 0.364. The zero-order valence-electron chi connectivity index (χ0n) is 9.79. The molecule has 0 aliphatic heterocycles. The van der Waals surface area contributed by atoms with Crippen LogP contribution in [-0.2, 0) is 0 Å². The van der Waals surface area contributed by atoms with Crippen molar-refractivity contribution in [3.63, 3.8) is 0 Å². The van der Waals surface area contributed by atoms with Crippen LogP contribution in [0.15, 0.2) is 30.4 Å². The first-order valence-corrected chi connectivity index (χ1v) is 5.26. The minimum absolute atomic E-state index is 0.0562. The molecule has 1 aromatic rings. The molecule has 0 saturated carbocycles. The van der Waals surface area contributed by atoms with Crippen LogP contribution in [0.25, 0.3) is 0 Å². The van der Waals surface area contributed by atoms with Gasteiger partial charge in [0, 0.05) is 17.7 Å². The van der Waals surface area contributed by atoms with Crippen molar-refractivity contribution in [3.05, 3.63) is 46.0 Å². The molecule has 0 unspecified atom stereocenters. The van der Waals surface area contributed by atoms with Crippen molar-refractivity contribution in [3.8, 4) is 5.75 Å². The third-order valence-electron chi connectivity index (χ3n) is 2.23. The standard InChI is InChI=1S/C12H15NO4/c1-3-4-7-17-12-6-5-10(13(15)16)8-11(12)9(2)14/h3-6,8-9,14H,7H2,1-2H3/b4-3+/t9-/m1/s1. The van der Waals surface area contributed by atoms with Gasteiger partial charge < -0.3 is 9.84 Å². The van der Waals surface area contributed by atoms with E-state index in [4.69, 9.17) is 4.74 Å². The molecule has 0 aromatic heterocycles. The molecule has 17 heavy (non-hydrogen) atoms. The highest BCUT2D eigenvalue weighted by molar-refractivity contribution is 5.44. The first-order valence-electron chi connectivity index (χ1n) is 5.26. The van der Waals surface area contributed by atoms with Gasteiger partial charge in [-0.2, -0.15) is 0 Å². The van der Waals surface area contributed by atoms with Crippen LogP contribution >= 0.6 is 0 Å². The largest absolute Gasteiger partial charge is 0.489 e. The van der Waals surface area contributed by atoms with Crippen LogP contribution in [0.3, 0.4) is 0 Å². The molecule has 1 rings (SSSR count). The number of ether oxygens (including phenoxy) is 1. The predicted octanol–water partition coefficient (Wildman–Crippen LogP) is 2.60. The summed E-state index contributed by atoms with van der Waals surface area (Å²) < 4.78 is 5.40. The fourth-order valence-corrected chi connectivity index (χ4v) is 1.34. The molecule has 92 valence electrons. The summed E-state index contributed by atoms with van der Waals surface area (Å²) in [5, 5.41) is 20.2. The van der Waals surface area contributed by atoms with Crippen LogP contribution in [0, 0.1) is 10.1 Å². The third kappa shape index (κ3) is 3.57. The number of rotatable bonds is 5. The van der Waals surface area contributed by atoms with Crippen LogP contribution in [0.2, 0.25) is 0 Å². The van der Waals surface area contributed by atoms with Crippen molar-refractivity contribution in [2.75, 3.05) is 6.61 Å². The highest BCUT2D eigenvalue weighted by Gasteiger charge is 2.14. The van der Waals surface area contributed by atoms with Gasteiger partial charge in [0.05, 0.1) is 11.0 Å². The molecule has 5 heteroatoms. The lowest BCUT2D eigenvalue weighted by atomic mass is 10.1. The van der Waals surface area contributed by atoms with E-state index < -0.39 is 11.0 Å². The van der Waals surface area contributed by atoms with Gasteiger partial charge in [0.2, 0.25) is 0 Å². The molecular weight excluding hydrogens is 222 g/mol. The SMILES string of the molecule is C/C=C/COc1ccc([N+](=O)[O-])cc1[C@@H](C)O. The number of nitro benzene ring substituents is 1. The van der Waals surface area contributed by atoms with Gasteiger partial charge in [-0.1, -0.05) is 12.2 Å². The summed E-state index contributed by atoms with van der Waals surface area (Å²) in [4.78, 5) is 10.1. The maximum atomic E-state index is 10.6. The summed E-state index contributed by atoms with van der Waals surface area (Å²) in [6.45, 7) is 3.78. The van der Waals surface area contributed by atoms with Gasteiger partial charge in [-0.15, -0.1) is 0 Å². The third-order valence-corrected chi connectivity index (χ3v) is 2.23. The lowest BCUT2D eigenvalue weighted by Crippen LogP contribution is -2.01. The normalized spacial score (nSPS) is 12.6. The second-order valence-corrected chi connectivity index (χ2v) is 3.54. The first-order chi connectivity index (χ1) is 8.06. The molecule has 0 spiro atoms. The molecule has 0 amide bonds. The van der Waals surface area contributed by atoms with Crippen molar-refractivity contribution >= 4 is 5.69 Å². The molecule has 5 nitrogen and oxygen atoms in total. The van der Waals surface area contributed by atoms with E-state index in [1.54, 1.807) is 6.92 Å². The summed E-state index contributed by atoms with van der Waals surface area (Å²) in [5.74, 6) is 0.462. The molecule has 0 aliphatic carbocycles. The molecule has 0 saturated heterocycles. The maximum absolute atomic E-state index is 10.6. The Hall–Kier alpha value is -1.88. The number of hydrogen-bond donors (Lipinski definition) is 1. The fourth-order valence-electron chi connectivity index (χ4n) is 1.34. The summed E-state index contributed by atoms with van der Waals surface area (Å²) >= 11 is 0. The molecule has 1 aromatic carbocycles. The number of nitrogens with zero attached hydrogens (tertiary/aromatic N) is 1. The average Bonchev–Trinajstić information content (AvgIpc) is 2.29. The van der Waals surface area contributed by atoms with Gasteiger partial charge in [0.25, 0.3) is 5.69 Å². The van der Waals surface area contributed by atoms with Crippen molar-refractivity contribution in [1.82, 2.24) is 0 Å². The van der Waals surface area contributed by atoms with Gasteiger partial charge in [0.15, 0.2) is 0 Å². The van der Waals surface area contributed by atoms with Crippen LogP contribution in [0.4, 0.5) is 5.69 Å². The van der Waals surface area contributed by atoms with Gasteiger partial charge in [-0.05, 0) is 19.9 Å². The quantitative estimate of drug-likeness (QED) is 0.485. The minimum Gasteiger partial charge on any atom is -0.489 e. The highest BCUT2D eigenvalue weighted by Crippen LogP contribution is 2.29. The number of non-ortho nitro benzene ring substituents is 1. The summed E-state index contributed by atoms with van der Waals surface area (Å²) in [6.07, 6.45) is 2.84. The van der Waals surface area contributed by atoms with E-state index in [1.165, 1.54) is 18.2 Å². The fraction of sp³-hybridized carbons (Fsp3) is 0.333. The Balaban J connectivity index is 3.00. The van der Waals surface area contributed by atoms with Crippen LogP contribution in [0.1, 0.15) is 25.5 Å². The highest BCUT2D eigenvalue weighted by atomic mass is 16.6. The number of aliphatic hydroxyl groups excluding tert-OH is 1. The van der Waals surface area contributed by atoms with E-state index in [1.807, 2.05) is 19.1 Å². The second-order valence-electron chi connectivity index (χ2n) is 3.54. The summed E-state index contributed by atoms with van der Waals surface area (Å²) in [7, 11) is 0. The molecule has 0 fully saturated rings. The lowest BCUT2D eigenvalue weighted by molar-refractivity contribution is -0.385. The molecule has 0 bridgehead atoms. The van der Waals surface area contributed by atoms with Gasteiger partial charge in [0.1, 0.15) is 12.4 Å². The predicted molar refractivity (Wildman–Crippen MR) is 64.0 cm³/mol. The zero-order valence-corrected chi connectivity index (χ0v) is 9.79. The van der Waals surface area contributed by atoms with E-state index in [-0.39, 0.29) is 5.69 Å². The molecular formula is C12H15NO4. The van der Waals surface area contributed by atoms with E-state index in [9.17, 15) is 15.2 Å². The van der Waals surface area contributed by atoms with Crippen molar-refractivity contribution in [1.29, 1.82) is 0 Å². The molecule has 1 atom stereocenters. The Bertz CT molecular complexity index is 427. The van der Waals surface area contributed by atoms with Crippen molar-refractivity contribution in [2.24, 2.45) is 0 Å². The minimum atomic E-state index is -0.810. The molecule has 1 N–H and O–H groups in total. The first kappa shape index (κ1) is 13.2. The van der Waals surface area contributed by atoms with E-state index in [2.05, 4.69) is 0 Å². The van der Waals surface area contributed by atoms with Crippen LogP contribution in [-0.4, -0.2) is 16.6 Å². The molecule has 0 heterocycles. The number of allylic oxidation sites excluding steroid dienone is 1. The van der Waals surface area contributed by atoms with Gasteiger partial charge in [-0.25, -0.2) is 0 Å². The smallest absolute Gasteiger partial charge is 0.270 e. The Morgan fingerprint density at radius 3 is 2.82 bits per heavy atom. The topological polar surface area (TPSA) is 72.6 Å². The molecule has 0 aliphatic rings. The monoisotopic (exact) mass is 237 g/mol. The number of benzene rings is 1. The average molecular weight is 237 g/mol. The van der Waals surface area contributed by atoms with Crippen LogP contribution < -0.4 is 4.74 Å². The Kier molecular flexibility index (Phi) is 4.66. The Morgan fingerprint density at radius 2 is 2.29 bits per heavy atom. The summed E-state index contributed by atoms with van der Waals surface area (Å²) in [6, 6.07) is 4.19. The maximum Gasteiger partial charge on any atom is 0.270 e. The zero-order chi connectivity index (χ0) is 12.8. The van der Waals surface area contributed by atoms with Crippen LogP contribution in [0.5, 0.6) is 5.75 Å². The molecule has 0 radical (unpaired) electrons. The van der Waals surface area contributed by atoms with Gasteiger partial charge >= 0.3 is 0 Å². The number of aliphatic hydroxyl groups is 1. The number of hydrogen-bond acceptors (Lipinski definition) is 4. The van der Waals surface area contributed by atoms with E-state index in [0.29, 0.717) is 17.9 Å². The van der Waals surface area contributed by atoms with E-state index in [0.717, 1.165) is 0 Å². The Morgan fingerprint density at radius 1 is 1.59 bits per heavy atom.